The second-order valence-electron chi connectivity index (χ2n) is 7.89. The minimum atomic E-state index is 0. The average Bonchev–Trinajstić information content (AvgIpc) is 2.86. The van der Waals surface area contributed by atoms with Crippen molar-refractivity contribution in [2.45, 2.75) is 38.3 Å². The van der Waals surface area contributed by atoms with E-state index in [-0.39, 0.29) is 30.1 Å². The van der Waals surface area contributed by atoms with Crippen LogP contribution in [0.25, 0.3) is 0 Å². The van der Waals surface area contributed by atoms with Gasteiger partial charge in [-0.1, -0.05) is 25.1 Å². The second-order valence-corrected chi connectivity index (χ2v) is 7.89. The van der Waals surface area contributed by atoms with Crippen LogP contribution in [-0.4, -0.2) is 59.0 Å². The van der Waals surface area contributed by atoms with E-state index >= 15 is 0 Å². The van der Waals surface area contributed by atoms with Gasteiger partial charge in [0.1, 0.15) is 23.4 Å². The number of nitrogens with zero attached hydrogens (tertiary/aromatic N) is 2. The summed E-state index contributed by atoms with van der Waals surface area (Å²) in [4.78, 5) is 6.79. The molecular weight excluding hydrogens is 531 g/mol. The van der Waals surface area contributed by atoms with E-state index in [1.807, 2.05) is 43.4 Å². The molecule has 182 valence electrons. The number of rotatable bonds is 9. The Hall–Kier alpha value is -2.36. The fraction of sp³-hybridized carbons (Fsp3) is 0.480. The Morgan fingerprint density at radius 3 is 2.21 bits per heavy atom. The quantitative estimate of drug-likeness (QED) is 0.267. The third-order valence-electron chi connectivity index (χ3n) is 5.76. The van der Waals surface area contributed by atoms with E-state index < -0.39 is 0 Å². The second kappa shape index (κ2) is 14.0. The maximum atomic E-state index is 6.08. The van der Waals surface area contributed by atoms with E-state index in [1.54, 1.807) is 14.2 Å². The predicted octanol–water partition coefficient (Wildman–Crippen LogP) is 4.31. The molecular formula is C25H37IN4O3. The van der Waals surface area contributed by atoms with E-state index in [0.29, 0.717) is 12.6 Å². The van der Waals surface area contributed by atoms with Gasteiger partial charge < -0.3 is 29.7 Å². The van der Waals surface area contributed by atoms with Crippen molar-refractivity contribution in [3.8, 4) is 17.2 Å². The van der Waals surface area contributed by atoms with Crippen LogP contribution in [0, 0.1) is 0 Å². The highest BCUT2D eigenvalue weighted by molar-refractivity contribution is 14.0. The van der Waals surface area contributed by atoms with E-state index in [0.717, 1.165) is 61.2 Å². The van der Waals surface area contributed by atoms with Gasteiger partial charge in [-0.2, -0.15) is 0 Å². The number of ether oxygens (including phenoxy) is 3. The normalized spacial score (nSPS) is 15.3. The van der Waals surface area contributed by atoms with Crippen LogP contribution in [0.3, 0.4) is 0 Å². The first-order valence-electron chi connectivity index (χ1n) is 11.3. The maximum Gasteiger partial charge on any atom is 0.191 e. The summed E-state index contributed by atoms with van der Waals surface area (Å²) in [5.41, 5.74) is 1.13. The number of anilines is 1. The van der Waals surface area contributed by atoms with Crippen LogP contribution in [0.5, 0.6) is 17.2 Å². The zero-order valence-corrected chi connectivity index (χ0v) is 22.4. The van der Waals surface area contributed by atoms with Gasteiger partial charge in [-0.25, -0.2) is 0 Å². The molecule has 0 spiro atoms. The summed E-state index contributed by atoms with van der Waals surface area (Å²) >= 11 is 0. The molecule has 3 rings (SSSR count). The minimum Gasteiger partial charge on any atom is -0.497 e. The van der Waals surface area contributed by atoms with Crippen LogP contribution in [-0.2, 0) is 0 Å². The summed E-state index contributed by atoms with van der Waals surface area (Å²) in [7, 11) is 5.18. The van der Waals surface area contributed by atoms with Crippen molar-refractivity contribution in [1.82, 2.24) is 10.6 Å². The largest absolute Gasteiger partial charge is 0.497 e. The summed E-state index contributed by atoms with van der Waals surface area (Å²) in [5, 5.41) is 7.00. The zero-order valence-electron chi connectivity index (χ0n) is 20.0. The molecule has 7 nitrogen and oxygen atoms in total. The molecule has 1 saturated heterocycles. The van der Waals surface area contributed by atoms with Crippen molar-refractivity contribution in [1.29, 1.82) is 0 Å². The molecule has 0 aliphatic carbocycles. The molecule has 1 fully saturated rings. The molecule has 0 aromatic heterocycles. The van der Waals surface area contributed by atoms with Gasteiger partial charge in [0.2, 0.25) is 0 Å². The third kappa shape index (κ3) is 8.17. The minimum absolute atomic E-state index is 0. The van der Waals surface area contributed by atoms with Crippen molar-refractivity contribution in [3.05, 3.63) is 48.5 Å². The van der Waals surface area contributed by atoms with Crippen LogP contribution < -0.4 is 29.7 Å². The first-order chi connectivity index (χ1) is 15.6. The summed E-state index contributed by atoms with van der Waals surface area (Å²) in [6, 6.07) is 16.4. The summed E-state index contributed by atoms with van der Waals surface area (Å²) in [6.45, 7) is 4.75. The highest BCUT2D eigenvalue weighted by atomic mass is 127. The average molecular weight is 569 g/mol. The maximum absolute atomic E-state index is 6.08. The summed E-state index contributed by atoms with van der Waals surface area (Å²) in [5.74, 6) is 3.34. The Balaban J connectivity index is 0.00000385. The fourth-order valence-electron chi connectivity index (χ4n) is 3.82. The lowest BCUT2D eigenvalue weighted by Crippen LogP contribution is -2.50. The highest BCUT2D eigenvalue weighted by Crippen LogP contribution is 2.30. The van der Waals surface area contributed by atoms with Gasteiger partial charge in [0.15, 0.2) is 5.96 Å². The van der Waals surface area contributed by atoms with E-state index in [4.69, 9.17) is 14.2 Å². The number of hydrogen-bond acceptors (Lipinski definition) is 5. The number of benzene rings is 2. The lowest BCUT2D eigenvalue weighted by atomic mass is 10.0. The predicted molar refractivity (Wildman–Crippen MR) is 146 cm³/mol. The van der Waals surface area contributed by atoms with Gasteiger partial charge in [0.05, 0.1) is 20.8 Å². The number of piperidine rings is 1. The highest BCUT2D eigenvalue weighted by Gasteiger charge is 2.21. The standard InChI is InChI=1S/C25H36N4O3.HI/c1-5-21(32-22-9-7-6-8-10-22)18-27-25(26-2)28-19-11-13-29(14-12-19)20-15-23(30-3)17-24(16-20)31-4;/h6-10,15-17,19,21H,5,11-14,18H2,1-4H3,(H2,26,27,28);1H. The lowest BCUT2D eigenvalue weighted by molar-refractivity contribution is 0.199. The Labute approximate surface area is 214 Å². The monoisotopic (exact) mass is 568 g/mol. The number of hydrogen-bond donors (Lipinski definition) is 2. The molecule has 0 saturated carbocycles. The van der Waals surface area contributed by atoms with Crippen LogP contribution in [0.15, 0.2) is 53.5 Å². The SMILES string of the molecule is CCC(CNC(=NC)NC1CCN(c2cc(OC)cc(OC)c2)CC1)Oc1ccccc1.I. The fourth-order valence-corrected chi connectivity index (χ4v) is 3.82. The van der Waals surface area contributed by atoms with Gasteiger partial charge >= 0.3 is 0 Å². The molecule has 1 aliphatic heterocycles. The molecule has 1 aliphatic rings. The van der Waals surface area contributed by atoms with Gasteiger partial charge in [0.25, 0.3) is 0 Å². The molecule has 1 atom stereocenters. The van der Waals surface area contributed by atoms with Gasteiger partial charge in [-0.3, -0.25) is 4.99 Å². The number of aliphatic imine (C=N–C) groups is 1. The molecule has 1 heterocycles. The van der Waals surface area contributed by atoms with Crippen LogP contribution >= 0.6 is 24.0 Å². The molecule has 2 aromatic rings. The van der Waals surface area contributed by atoms with Gasteiger partial charge in [0, 0.05) is 50.1 Å². The first-order valence-corrected chi connectivity index (χ1v) is 11.3. The zero-order chi connectivity index (χ0) is 22.8. The molecule has 1 unspecified atom stereocenters. The molecule has 2 N–H and O–H groups in total. The smallest absolute Gasteiger partial charge is 0.191 e. The molecule has 2 aromatic carbocycles. The van der Waals surface area contributed by atoms with Crippen molar-refractivity contribution in [2.75, 3.05) is 45.8 Å². The number of halogens is 1. The van der Waals surface area contributed by atoms with E-state index in [2.05, 4.69) is 39.6 Å². The van der Waals surface area contributed by atoms with Crippen molar-refractivity contribution < 1.29 is 14.2 Å². The Morgan fingerprint density at radius 2 is 1.67 bits per heavy atom. The molecule has 0 radical (unpaired) electrons. The number of methoxy groups -OCH3 is 2. The van der Waals surface area contributed by atoms with Crippen molar-refractivity contribution in [3.63, 3.8) is 0 Å². The number of para-hydroxylation sites is 1. The van der Waals surface area contributed by atoms with Crippen LogP contribution in [0.1, 0.15) is 26.2 Å². The third-order valence-corrected chi connectivity index (χ3v) is 5.76. The lowest BCUT2D eigenvalue weighted by Gasteiger charge is -2.35. The van der Waals surface area contributed by atoms with Crippen LogP contribution in [0.2, 0.25) is 0 Å². The number of guanidine groups is 1. The Morgan fingerprint density at radius 1 is 1.03 bits per heavy atom. The Kier molecular flexibility index (Phi) is 11.4. The van der Waals surface area contributed by atoms with E-state index in [1.165, 1.54) is 0 Å². The first kappa shape index (κ1) is 26.9. The van der Waals surface area contributed by atoms with Crippen molar-refractivity contribution >= 4 is 35.6 Å². The summed E-state index contributed by atoms with van der Waals surface area (Å²) < 4.78 is 16.9. The summed E-state index contributed by atoms with van der Waals surface area (Å²) in [6.07, 6.45) is 3.05. The van der Waals surface area contributed by atoms with Gasteiger partial charge in [-0.15, -0.1) is 24.0 Å². The number of nitrogens with one attached hydrogen (secondary N) is 2. The molecule has 0 amide bonds. The molecule has 8 heteroatoms. The van der Waals surface area contributed by atoms with E-state index in [9.17, 15) is 0 Å². The van der Waals surface area contributed by atoms with Crippen molar-refractivity contribution in [2.24, 2.45) is 4.99 Å². The Bertz CT molecular complexity index is 836. The molecule has 0 bridgehead atoms. The van der Waals surface area contributed by atoms with Crippen LogP contribution in [0.4, 0.5) is 5.69 Å². The van der Waals surface area contributed by atoms with Gasteiger partial charge in [-0.05, 0) is 31.4 Å². The molecule has 33 heavy (non-hydrogen) atoms. The topological polar surface area (TPSA) is 67.4 Å².